The monoisotopic (exact) mass is 272 g/mol. The van der Waals surface area contributed by atoms with Crippen LogP contribution in [0.25, 0.3) is 0 Å². The van der Waals surface area contributed by atoms with E-state index in [0.717, 1.165) is 6.42 Å². The molecule has 0 atom stereocenters. The molecule has 1 aliphatic carbocycles. The summed E-state index contributed by atoms with van der Waals surface area (Å²) in [5, 5.41) is 9.19. The number of hydrogen-bond acceptors (Lipinski definition) is 1. The topological polar surface area (TPSA) is 37.3 Å². The number of carbonyl (C=O) groups is 1. The molecule has 0 saturated heterocycles. The standard InChI is InChI=1S/C11H10BrFO2/c12-8-6-7(2-3-9(8)13)11(10(14)15)4-1-5-11/h2-3,6H,1,4-5H2,(H,14,15). The van der Waals surface area contributed by atoms with Gasteiger partial charge in [0.05, 0.1) is 9.89 Å². The highest BCUT2D eigenvalue weighted by Crippen LogP contribution is 2.44. The van der Waals surface area contributed by atoms with E-state index >= 15 is 0 Å². The second kappa shape index (κ2) is 3.59. The predicted molar refractivity (Wildman–Crippen MR) is 57.3 cm³/mol. The molecule has 0 aliphatic heterocycles. The summed E-state index contributed by atoms with van der Waals surface area (Å²) in [6.45, 7) is 0. The first-order valence-corrected chi connectivity index (χ1v) is 5.54. The largest absolute Gasteiger partial charge is 0.481 e. The summed E-state index contributed by atoms with van der Waals surface area (Å²) in [5.41, 5.74) is -0.0922. The van der Waals surface area contributed by atoms with E-state index in [4.69, 9.17) is 0 Å². The number of carboxylic acid groups (broad SMARTS) is 1. The zero-order chi connectivity index (χ0) is 11.1. The summed E-state index contributed by atoms with van der Waals surface area (Å²) in [4.78, 5) is 11.2. The van der Waals surface area contributed by atoms with Gasteiger partial charge in [-0.25, -0.2) is 4.39 Å². The van der Waals surface area contributed by atoms with Gasteiger partial charge in [0.2, 0.25) is 0 Å². The first-order valence-electron chi connectivity index (χ1n) is 4.75. The van der Waals surface area contributed by atoms with E-state index in [1.165, 1.54) is 6.07 Å². The Bertz CT molecular complexity index is 413. The molecule has 4 heteroatoms. The van der Waals surface area contributed by atoms with Crippen molar-refractivity contribution in [2.45, 2.75) is 24.7 Å². The highest BCUT2D eigenvalue weighted by Gasteiger charge is 2.46. The fraction of sp³-hybridized carbons (Fsp3) is 0.364. The summed E-state index contributed by atoms with van der Waals surface area (Å²) in [5.74, 6) is -1.18. The van der Waals surface area contributed by atoms with Crippen LogP contribution in [0.5, 0.6) is 0 Å². The summed E-state index contributed by atoms with van der Waals surface area (Å²) < 4.78 is 13.3. The summed E-state index contributed by atoms with van der Waals surface area (Å²) >= 11 is 3.07. The van der Waals surface area contributed by atoms with Gasteiger partial charge in [0.25, 0.3) is 0 Å². The van der Waals surface area contributed by atoms with Gasteiger partial charge in [0.1, 0.15) is 5.82 Å². The van der Waals surface area contributed by atoms with E-state index in [1.54, 1.807) is 12.1 Å². The first kappa shape index (κ1) is 10.6. The Hall–Kier alpha value is -0.900. The number of hydrogen-bond donors (Lipinski definition) is 1. The zero-order valence-electron chi connectivity index (χ0n) is 7.96. The molecular weight excluding hydrogens is 263 g/mol. The summed E-state index contributed by atoms with van der Waals surface area (Å²) in [7, 11) is 0. The molecule has 0 amide bonds. The molecule has 1 saturated carbocycles. The van der Waals surface area contributed by atoms with E-state index in [-0.39, 0.29) is 5.82 Å². The number of benzene rings is 1. The molecule has 1 fully saturated rings. The molecule has 0 spiro atoms. The van der Waals surface area contributed by atoms with Crippen molar-refractivity contribution in [2.24, 2.45) is 0 Å². The van der Waals surface area contributed by atoms with Crippen LogP contribution in [-0.2, 0) is 10.2 Å². The van der Waals surface area contributed by atoms with Crippen molar-refractivity contribution in [2.75, 3.05) is 0 Å². The Kier molecular flexibility index (Phi) is 2.54. The Morgan fingerprint density at radius 1 is 1.47 bits per heavy atom. The van der Waals surface area contributed by atoms with Crippen molar-refractivity contribution in [3.8, 4) is 0 Å². The fourth-order valence-corrected chi connectivity index (χ4v) is 2.33. The summed E-state index contributed by atoms with van der Waals surface area (Å²) in [6.07, 6.45) is 2.20. The maximum atomic E-state index is 13.0. The van der Waals surface area contributed by atoms with E-state index in [9.17, 15) is 14.3 Å². The van der Waals surface area contributed by atoms with Crippen molar-refractivity contribution in [3.63, 3.8) is 0 Å². The van der Waals surface area contributed by atoms with Gasteiger partial charge < -0.3 is 5.11 Å². The van der Waals surface area contributed by atoms with Crippen LogP contribution in [0.15, 0.2) is 22.7 Å². The molecule has 0 unspecified atom stereocenters. The number of halogens is 2. The number of aliphatic carboxylic acids is 1. The maximum absolute atomic E-state index is 13.0. The second-order valence-corrected chi connectivity index (χ2v) is 4.72. The average Bonchev–Trinajstić information content (AvgIpc) is 2.08. The van der Waals surface area contributed by atoms with Crippen molar-refractivity contribution >= 4 is 21.9 Å². The third kappa shape index (κ3) is 1.57. The predicted octanol–water partition coefficient (Wildman–Crippen LogP) is 3.09. The quantitative estimate of drug-likeness (QED) is 0.899. The van der Waals surface area contributed by atoms with Crippen LogP contribution < -0.4 is 0 Å². The molecule has 2 rings (SSSR count). The summed E-state index contributed by atoms with van der Waals surface area (Å²) in [6, 6.07) is 4.44. The molecule has 1 aromatic rings. The first-order chi connectivity index (χ1) is 7.06. The normalized spacial score (nSPS) is 18.3. The second-order valence-electron chi connectivity index (χ2n) is 3.87. The Morgan fingerprint density at radius 2 is 2.13 bits per heavy atom. The van der Waals surface area contributed by atoms with Gasteiger partial charge in [-0.1, -0.05) is 12.5 Å². The minimum atomic E-state index is -0.813. The maximum Gasteiger partial charge on any atom is 0.314 e. The highest BCUT2D eigenvalue weighted by molar-refractivity contribution is 9.10. The van der Waals surface area contributed by atoms with Gasteiger partial charge in [-0.15, -0.1) is 0 Å². The number of carboxylic acids is 1. The van der Waals surface area contributed by atoms with E-state index in [1.807, 2.05) is 0 Å². The molecule has 1 aliphatic rings. The lowest BCUT2D eigenvalue weighted by atomic mass is 9.64. The Labute approximate surface area is 95.2 Å². The van der Waals surface area contributed by atoms with Crippen molar-refractivity contribution in [1.82, 2.24) is 0 Å². The molecule has 1 N–H and O–H groups in total. The lowest BCUT2D eigenvalue weighted by molar-refractivity contribution is -0.147. The van der Waals surface area contributed by atoms with Crippen molar-refractivity contribution in [3.05, 3.63) is 34.1 Å². The molecule has 0 radical (unpaired) electrons. The molecule has 0 aromatic heterocycles. The molecule has 2 nitrogen and oxygen atoms in total. The van der Waals surface area contributed by atoms with Crippen LogP contribution >= 0.6 is 15.9 Å². The SMILES string of the molecule is O=C(O)C1(c2ccc(F)c(Br)c2)CCC1. The van der Waals surface area contributed by atoms with Crippen LogP contribution in [-0.4, -0.2) is 11.1 Å². The van der Waals surface area contributed by atoms with Gasteiger partial charge in [0.15, 0.2) is 0 Å². The zero-order valence-corrected chi connectivity index (χ0v) is 9.55. The lowest BCUT2D eigenvalue weighted by Crippen LogP contribution is -2.42. The van der Waals surface area contributed by atoms with Gasteiger partial charge in [-0.2, -0.15) is 0 Å². The highest BCUT2D eigenvalue weighted by atomic mass is 79.9. The minimum absolute atomic E-state index is 0.326. The third-order valence-electron chi connectivity index (χ3n) is 3.09. The smallest absolute Gasteiger partial charge is 0.314 e. The molecule has 0 heterocycles. The fourth-order valence-electron chi connectivity index (χ4n) is 1.95. The molecule has 0 bridgehead atoms. The van der Waals surface area contributed by atoms with Crippen LogP contribution in [0.2, 0.25) is 0 Å². The number of rotatable bonds is 2. The van der Waals surface area contributed by atoms with Gasteiger partial charge >= 0.3 is 5.97 Å². The molecule has 15 heavy (non-hydrogen) atoms. The van der Waals surface area contributed by atoms with Crippen LogP contribution in [0.1, 0.15) is 24.8 Å². The van der Waals surface area contributed by atoms with Crippen molar-refractivity contribution < 1.29 is 14.3 Å². The van der Waals surface area contributed by atoms with E-state index in [2.05, 4.69) is 15.9 Å². The van der Waals surface area contributed by atoms with Crippen molar-refractivity contribution in [1.29, 1.82) is 0 Å². The van der Waals surface area contributed by atoms with E-state index < -0.39 is 11.4 Å². The Morgan fingerprint density at radius 3 is 2.53 bits per heavy atom. The van der Waals surface area contributed by atoms with Gasteiger partial charge in [0, 0.05) is 0 Å². The van der Waals surface area contributed by atoms with Crippen LogP contribution in [0.4, 0.5) is 4.39 Å². The van der Waals surface area contributed by atoms with Gasteiger partial charge in [-0.3, -0.25) is 4.79 Å². The van der Waals surface area contributed by atoms with Crippen LogP contribution in [0, 0.1) is 5.82 Å². The minimum Gasteiger partial charge on any atom is -0.481 e. The third-order valence-corrected chi connectivity index (χ3v) is 3.70. The molecule has 80 valence electrons. The molecular formula is C11H10BrFO2. The van der Waals surface area contributed by atoms with Crippen LogP contribution in [0.3, 0.4) is 0 Å². The average molecular weight is 273 g/mol. The Balaban J connectivity index is 2.44. The molecule has 1 aromatic carbocycles. The van der Waals surface area contributed by atoms with Gasteiger partial charge in [-0.05, 0) is 46.5 Å². The van der Waals surface area contributed by atoms with E-state index in [0.29, 0.717) is 22.9 Å². The lowest BCUT2D eigenvalue weighted by Gasteiger charge is -2.38.